The first-order chi connectivity index (χ1) is 8.10. The van der Waals surface area contributed by atoms with Crippen molar-refractivity contribution >= 4 is 5.78 Å². The summed E-state index contributed by atoms with van der Waals surface area (Å²) in [6, 6.07) is 7.24. The molecule has 0 bridgehead atoms. The van der Waals surface area contributed by atoms with Crippen molar-refractivity contribution in [1.82, 2.24) is 0 Å². The zero-order chi connectivity index (χ0) is 12.8. The molecule has 17 heavy (non-hydrogen) atoms. The predicted octanol–water partition coefficient (Wildman–Crippen LogP) is 3.75. The Morgan fingerprint density at radius 2 is 1.94 bits per heavy atom. The van der Waals surface area contributed by atoms with Crippen LogP contribution in [-0.2, 0) is 0 Å². The Hall–Kier alpha value is -1.76. The molecule has 1 rings (SSSR count). The molecule has 0 aliphatic carbocycles. The van der Waals surface area contributed by atoms with Gasteiger partial charge in [0.25, 0.3) is 6.43 Å². The van der Waals surface area contributed by atoms with E-state index in [-0.39, 0.29) is 23.7 Å². The Morgan fingerprint density at radius 3 is 2.35 bits per heavy atom. The fourth-order valence-electron chi connectivity index (χ4n) is 1.56. The van der Waals surface area contributed by atoms with Gasteiger partial charge >= 0.3 is 0 Å². The van der Waals surface area contributed by atoms with Gasteiger partial charge in [-0.25, -0.2) is 8.78 Å². The Morgan fingerprint density at radius 1 is 1.35 bits per heavy atom. The second kappa shape index (κ2) is 6.09. The average molecular weight is 237 g/mol. The Labute approximate surface area is 98.9 Å². The van der Waals surface area contributed by atoms with Crippen LogP contribution in [0.1, 0.15) is 42.1 Å². The van der Waals surface area contributed by atoms with Crippen LogP contribution in [0.2, 0.25) is 0 Å². The number of hydrogen-bond donors (Lipinski definition) is 0. The minimum absolute atomic E-state index is 0.102. The molecule has 1 unspecified atom stereocenters. The first kappa shape index (κ1) is 13.3. The summed E-state index contributed by atoms with van der Waals surface area (Å²) in [6.45, 7) is 1.83. The molecule has 0 aliphatic rings. The quantitative estimate of drug-likeness (QED) is 0.732. The number of carbonyl (C=O) groups is 1. The monoisotopic (exact) mass is 237 g/mol. The first-order valence-electron chi connectivity index (χ1n) is 5.39. The van der Waals surface area contributed by atoms with Crippen LogP contribution in [0.15, 0.2) is 24.3 Å². The second-order valence-corrected chi connectivity index (χ2v) is 3.75. The number of benzene rings is 1. The van der Waals surface area contributed by atoms with Gasteiger partial charge < -0.3 is 0 Å². The Bertz CT molecular complexity index is 420. The number of nitriles is 1. The number of halogens is 2. The molecule has 0 radical (unpaired) electrons. The van der Waals surface area contributed by atoms with Gasteiger partial charge in [-0.1, -0.05) is 31.2 Å². The van der Waals surface area contributed by atoms with Gasteiger partial charge in [-0.05, 0) is 6.42 Å². The molecular weight excluding hydrogens is 224 g/mol. The molecule has 0 aromatic heterocycles. The van der Waals surface area contributed by atoms with Crippen LogP contribution in [0.25, 0.3) is 0 Å². The van der Waals surface area contributed by atoms with Crippen LogP contribution in [-0.4, -0.2) is 5.78 Å². The van der Waals surface area contributed by atoms with Gasteiger partial charge in [-0.2, -0.15) is 5.26 Å². The van der Waals surface area contributed by atoms with Crippen molar-refractivity contribution in [1.29, 1.82) is 5.26 Å². The number of alkyl halides is 2. The molecule has 0 aliphatic heterocycles. The van der Waals surface area contributed by atoms with E-state index in [1.807, 2.05) is 13.0 Å². The van der Waals surface area contributed by atoms with E-state index in [0.717, 1.165) is 0 Å². The molecule has 0 heterocycles. The lowest BCUT2D eigenvalue weighted by Gasteiger charge is -2.10. The van der Waals surface area contributed by atoms with Crippen molar-refractivity contribution in [3.05, 3.63) is 35.4 Å². The zero-order valence-electron chi connectivity index (χ0n) is 9.49. The minimum atomic E-state index is -2.53. The summed E-state index contributed by atoms with van der Waals surface area (Å²) >= 11 is 0. The fraction of sp³-hybridized carbons (Fsp3) is 0.385. The highest BCUT2D eigenvalue weighted by Gasteiger charge is 2.18. The van der Waals surface area contributed by atoms with Gasteiger partial charge in [0.15, 0.2) is 5.78 Å². The third-order valence-corrected chi connectivity index (χ3v) is 2.65. The third kappa shape index (κ3) is 3.35. The number of nitrogens with zero attached hydrogens (tertiary/aromatic N) is 1. The molecule has 0 spiro atoms. The van der Waals surface area contributed by atoms with Crippen LogP contribution >= 0.6 is 0 Å². The summed E-state index contributed by atoms with van der Waals surface area (Å²) in [5, 5.41) is 8.58. The van der Waals surface area contributed by atoms with Gasteiger partial charge in [0, 0.05) is 23.5 Å². The molecule has 0 amide bonds. The lowest BCUT2D eigenvalue weighted by Crippen LogP contribution is -2.13. The molecule has 0 saturated carbocycles. The van der Waals surface area contributed by atoms with E-state index < -0.39 is 6.43 Å². The van der Waals surface area contributed by atoms with Crippen LogP contribution in [0.4, 0.5) is 8.78 Å². The maximum atomic E-state index is 12.3. The molecule has 1 aromatic carbocycles. The molecule has 0 saturated heterocycles. The first-order valence-corrected chi connectivity index (χ1v) is 5.39. The van der Waals surface area contributed by atoms with Gasteiger partial charge in [0.1, 0.15) is 0 Å². The molecular formula is C13H13F2NO. The lowest BCUT2D eigenvalue weighted by molar-refractivity contribution is 0.0918. The Kier molecular flexibility index (Phi) is 4.77. The highest BCUT2D eigenvalue weighted by atomic mass is 19.3. The topological polar surface area (TPSA) is 40.9 Å². The number of Topliss-reactive ketones (excluding diaryl/α,β-unsaturated/α-hetero) is 1. The molecule has 1 aromatic rings. The molecule has 90 valence electrons. The highest BCUT2D eigenvalue weighted by molar-refractivity contribution is 5.98. The van der Waals surface area contributed by atoms with Gasteiger partial charge in [0.2, 0.25) is 0 Å². The maximum Gasteiger partial charge on any atom is 0.263 e. The van der Waals surface area contributed by atoms with Gasteiger partial charge in [0.05, 0.1) is 6.07 Å². The standard InChI is InChI=1S/C13H13F2NO/c1-2-9(7-8-16)12(17)10-3-5-11(6-4-10)13(14)15/h3-6,9,13H,2,7H2,1H3. The summed E-state index contributed by atoms with van der Waals surface area (Å²) in [7, 11) is 0. The molecule has 2 nitrogen and oxygen atoms in total. The second-order valence-electron chi connectivity index (χ2n) is 3.75. The number of carbonyl (C=O) groups excluding carboxylic acids is 1. The lowest BCUT2D eigenvalue weighted by atomic mass is 9.92. The van der Waals surface area contributed by atoms with Crippen LogP contribution in [0, 0.1) is 17.2 Å². The van der Waals surface area contributed by atoms with E-state index in [2.05, 4.69) is 0 Å². The van der Waals surface area contributed by atoms with E-state index >= 15 is 0 Å². The number of ketones is 1. The van der Waals surface area contributed by atoms with Crippen molar-refractivity contribution in [3.8, 4) is 6.07 Å². The maximum absolute atomic E-state index is 12.3. The molecule has 0 fully saturated rings. The minimum Gasteiger partial charge on any atom is -0.294 e. The van der Waals surface area contributed by atoms with Crippen molar-refractivity contribution in [2.24, 2.45) is 5.92 Å². The molecule has 4 heteroatoms. The number of hydrogen-bond acceptors (Lipinski definition) is 2. The third-order valence-electron chi connectivity index (χ3n) is 2.65. The van der Waals surface area contributed by atoms with E-state index in [1.54, 1.807) is 0 Å². The summed E-state index contributed by atoms with van der Waals surface area (Å²) in [6.07, 6.45) is -1.80. The zero-order valence-corrected chi connectivity index (χ0v) is 9.49. The summed E-state index contributed by atoms with van der Waals surface area (Å²) < 4.78 is 24.6. The molecule has 1 atom stereocenters. The van der Waals surface area contributed by atoms with E-state index in [0.29, 0.717) is 12.0 Å². The summed E-state index contributed by atoms with van der Waals surface area (Å²) in [4.78, 5) is 11.9. The summed E-state index contributed by atoms with van der Waals surface area (Å²) in [5.41, 5.74) is 0.284. The smallest absolute Gasteiger partial charge is 0.263 e. The van der Waals surface area contributed by atoms with Crippen molar-refractivity contribution in [2.45, 2.75) is 26.2 Å². The van der Waals surface area contributed by atoms with E-state index in [4.69, 9.17) is 5.26 Å². The van der Waals surface area contributed by atoms with Crippen molar-refractivity contribution in [2.75, 3.05) is 0 Å². The average Bonchev–Trinajstić information content (AvgIpc) is 2.35. The normalized spacial score (nSPS) is 12.2. The Balaban J connectivity index is 2.86. The van der Waals surface area contributed by atoms with Crippen LogP contribution in [0.3, 0.4) is 0 Å². The van der Waals surface area contributed by atoms with Gasteiger partial charge in [-0.15, -0.1) is 0 Å². The largest absolute Gasteiger partial charge is 0.294 e. The van der Waals surface area contributed by atoms with Crippen molar-refractivity contribution in [3.63, 3.8) is 0 Å². The predicted molar refractivity (Wildman–Crippen MR) is 59.7 cm³/mol. The van der Waals surface area contributed by atoms with Gasteiger partial charge in [-0.3, -0.25) is 4.79 Å². The van der Waals surface area contributed by atoms with Crippen LogP contribution < -0.4 is 0 Å². The number of rotatable bonds is 5. The van der Waals surface area contributed by atoms with E-state index in [9.17, 15) is 13.6 Å². The summed E-state index contributed by atoms with van der Waals surface area (Å²) in [5.74, 6) is -0.507. The molecule has 0 N–H and O–H groups in total. The van der Waals surface area contributed by atoms with Crippen LogP contribution in [0.5, 0.6) is 0 Å². The van der Waals surface area contributed by atoms with Crippen molar-refractivity contribution < 1.29 is 13.6 Å². The van der Waals surface area contributed by atoms with E-state index in [1.165, 1.54) is 24.3 Å². The highest BCUT2D eigenvalue weighted by Crippen LogP contribution is 2.21. The SMILES string of the molecule is CCC(CC#N)C(=O)c1ccc(C(F)F)cc1. The fourth-order valence-corrected chi connectivity index (χ4v) is 1.56.